The van der Waals surface area contributed by atoms with Crippen LogP contribution in [0.4, 0.5) is 5.69 Å². The second-order valence-corrected chi connectivity index (χ2v) is 4.33. The number of hydrogen-bond acceptors (Lipinski definition) is 4. The molecule has 0 aliphatic heterocycles. The van der Waals surface area contributed by atoms with E-state index in [0.717, 1.165) is 5.56 Å². The Bertz CT molecular complexity index is 597. The minimum Gasteiger partial charge on any atom is -0.376 e. The van der Waals surface area contributed by atoms with Crippen molar-refractivity contribution in [2.45, 2.75) is 13.0 Å². The SMILES string of the molecule is CC(Nc1cnn(C)c(=O)c1Cl)c1ccncc1. The molecule has 94 valence electrons. The lowest BCUT2D eigenvalue weighted by Crippen LogP contribution is -2.21. The molecule has 5 nitrogen and oxygen atoms in total. The van der Waals surface area contributed by atoms with Gasteiger partial charge < -0.3 is 5.32 Å². The van der Waals surface area contributed by atoms with Gasteiger partial charge in [0.05, 0.1) is 11.9 Å². The largest absolute Gasteiger partial charge is 0.376 e. The van der Waals surface area contributed by atoms with Gasteiger partial charge in [-0.25, -0.2) is 4.68 Å². The van der Waals surface area contributed by atoms with E-state index in [1.165, 1.54) is 4.68 Å². The molecule has 0 aliphatic rings. The highest BCUT2D eigenvalue weighted by atomic mass is 35.5. The van der Waals surface area contributed by atoms with E-state index in [0.29, 0.717) is 5.69 Å². The first-order valence-corrected chi connectivity index (χ1v) is 5.85. The molecule has 6 heteroatoms. The fourth-order valence-electron chi connectivity index (χ4n) is 1.58. The number of nitrogens with one attached hydrogen (secondary N) is 1. The fraction of sp³-hybridized carbons (Fsp3) is 0.250. The lowest BCUT2D eigenvalue weighted by atomic mass is 10.1. The Kier molecular flexibility index (Phi) is 3.62. The number of anilines is 1. The predicted molar refractivity (Wildman–Crippen MR) is 70.8 cm³/mol. The van der Waals surface area contributed by atoms with Crippen LogP contribution in [0.1, 0.15) is 18.5 Å². The summed E-state index contributed by atoms with van der Waals surface area (Å²) in [5, 5.41) is 7.24. The summed E-state index contributed by atoms with van der Waals surface area (Å²) in [5.41, 5.74) is 1.27. The first-order chi connectivity index (χ1) is 8.59. The molecule has 1 atom stereocenters. The van der Waals surface area contributed by atoms with Gasteiger partial charge in [-0.1, -0.05) is 11.6 Å². The molecule has 0 aromatic carbocycles. The highest BCUT2D eigenvalue weighted by Gasteiger charge is 2.11. The summed E-state index contributed by atoms with van der Waals surface area (Å²) in [5.74, 6) is 0. The van der Waals surface area contributed by atoms with E-state index in [1.807, 2.05) is 19.1 Å². The highest BCUT2D eigenvalue weighted by Crippen LogP contribution is 2.22. The van der Waals surface area contributed by atoms with Gasteiger partial charge in [0.25, 0.3) is 5.56 Å². The monoisotopic (exact) mass is 264 g/mol. The number of halogens is 1. The van der Waals surface area contributed by atoms with Gasteiger partial charge in [-0.2, -0.15) is 5.10 Å². The molecule has 2 aromatic rings. The van der Waals surface area contributed by atoms with Crippen LogP contribution >= 0.6 is 11.6 Å². The molecule has 2 rings (SSSR count). The van der Waals surface area contributed by atoms with Crippen molar-refractivity contribution in [1.29, 1.82) is 0 Å². The molecule has 0 radical (unpaired) electrons. The van der Waals surface area contributed by atoms with Crippen LogP contribution in [-0.2, 0) is 7.05 Å². The summed E-state index contributed by atoms with van der Waals surface area (Å²) < 4.78 is 1.20. The fourth-order valence-corrected chi connectivity index (χ4v) is 1.81. The predicted octanol–water partition coefficient (Wildman–Crippen LogP) is 2.00. The first-order valence-electron chi connectivity index (χ1n) is 5.48. The van der Waals surface area contributed by atoms with E-state index in [-0.39, 0.29) is 16.6 Å². The summed E-state index contributed by atoms with van der Waals surface area (Å²) >= 11 is 5.98. The van der Waals surface area contributed by atoms with Crippen molar-refractivity contribution in [2.24, 2.45) is 7.05 Å². The number of pyridine rings is 1. The molecule has 0 aliphatic carbocycles. The normalized spacial score (nSPS) is 12.2. The summed E-state index contributed by atoms with van der Waals surface area (Å²) in [6.07, 6.45) is 4.98. The number of nitrogens with zero attached hydrogens (tertiary/aromatic N) is 3. The van der Waals surface area contributed by atoms with E-state index < -0.39 is 0 Å². The Morgan fingerprint density at radius 1 is 1.39 bits per heavy atom. The van der Waals surface area contributed by atoms with Crippen LogP contribution in [0.2, 0.25) is 5.02 Å². The van der Waals surface area contributed by atoms with Crippen molar-refractivity contribution in [3.8, 4) is 0 Å². The number of aromatic nitrogens is 3. The number of rotatable bonds is 3. The van der Waals surface area contributed by atoms with E-state index in [9.17, 15) is 4.79 Å². The molecule has 2 aromatic heterocycles. The summed E-state index contributed by atoms with van der Waals surface area (Å²) in [7, 11) is 1.56. The maximum Gasteiger partial charge on any atom is 0.287 e. The van der Waals surface area contributed by atoms with Crippen LogP contribution in [0.3, 0.4) is 0 Å². The zero-order chi connectivity index (χ0) is 13.1. The van der Waals surface area contributed by atoms with Gasteiger partial charge in [-0.15, -0.1) is 0 Å². The Hall–Kier alpha value is -1.88. The Morgan fingerprint density at radius 3 is 2.72 bits per heavy atom. The second-order valence-electron chi connectivity index (χ2n) is 3.95. The third-order valence-corrected chi connectivity index (χ3v) is 3.02. The van der Waals surface area contributed by atoms with Gasteiger partial charge in [0.2, 0.25) is 0 Å². The van der Waals surface area contributed by atoms with E-state index in [1.54, 1.807) is 25.6 Å². The van der Waals surface area contributed by atoms with E-state index >= 15 is 0 Å². The van der Waals surface area contributed by atoms with Crippen LogP contribution in [0.5, 0.6) is 0 Å². The van der Waals surface area contributed by atoms with Gasteiger partial charge in [0.15, 0.2) is 0 Å². The van der Waals surface area contributed by atoms with Gasteiger partial charge in [-0.3, -0.25) is 9.78 Å². The maximum absolute atomic E-state index is 11.6. The Morgan fingerprint density at radius 2 is 2.06 bits per heavy atom. The van der Waals surface area contributed by atoms with Gasteiger partial charge in [0, 0.05) is 25.5 Å². The second kappa shape index (κ2) is 5.18. The molecule has 18 heavy (non-hydrogen) atoms. The quantitative estimate of drug-likeness (QED) is 0.921. The molecule has 0 saturated heterocycles. The molecule has 0 spiro atoms. The average molecular weight is 265 g/mol. The van der Waals surface area contributed by atoms with Crippen molar-refractivity contribution >= 4 is 17.3 Å². The molecule has 2 heterocycles. The topological polar surface area (TPSA) is 59.8 Å². The smallest absolute Gasteiger partial charge is 0.287 e. The van der Waals surface area contributed by atoms with Crippen LogP contribution in [0.25, 0.3) is 0 Å². The standard InChI is InChI=1S/C12H13ClN4O/c1-8(9-3-5-14-6-4-9)16-10-7-15-17(2)12(18)11(10)13/h3-8,16H,1-2H3. The van der Waals surface area contributed by atoms with Crippen molar-refractivity contribution in [1.82, 2.24) is 14.8 Å². The molecular formula is C12H13ClN4O. The zero-order valence-corrected chi connectivity index (χ0v) is 10.8. The molecule has 1 unspecified atom stereocenters. The minimum absolute atomic E-state index is 0.0133. The van der Waals surface area contributed by atoms with Crippen molar-refractivity contribution < 1.29 is 0 Å². The summed E-state index contributed by atoms with van der Waals surface area (Å²) in [6, 6.07) is 3.82. The van der Waals surface area contributed by atoms with Crippen molar-refractivity contribution in [2.75, 3.05) is 5.32 Å². The lowest BCUT2D eigenvalue weighted by molar-refractivity contribution is 0.706. The Balaban J connectivity index is 2.25. The highest BCUT2D eigenvalue weighted by molar-refractivity contribution is 6.32. The molecule has 0 amide bonds. The van der Waals surface area contributed by atoms with E-state index in [4.69, 9.17) is 11.6 Å². The van der Waals surface area contributed by atoms with Crippen molar-refractivity contribution in [3.63, 3.8) is 0 Å². The zero-order valence-electron chi connectivity index (χ0n) is 10.1. The van der Waals surface area contributed by atoms with Crippen LogP contribution in [0.15, 0.2) is 35.5 Å². The van der Waals surface area contributed by atoms with Crippen LogP contribution in [0, 0.1) is 0 Å². The molecule has 0 bridgehead atoms. The van der Waals surface area contributed by atoms with Crippen molar-refractivity contribution in [3.05, 3.63) is 51.7 Å². The van der Waals surface area contributed by atoms with Gasteiger partial charge in [-0.05, 0) is 24.6 Å². The minimum atomic E-state index is -0.316. The number of hydrogen-bond donors (Lipinski definition) is 1. The van der Waals surface area contributed by atoms with Crippen LogP contribution in [-0.4, -0.2) is 14.8 Å². The molecular weight excluding hydrogens is 252 g/mol. The third-order valence-electron chi connectivity index (χ3n) is 2.66. The number of aryl methyl sites for hydroxylation is 1. The summed E-state index contributed by atoms with van der Waals surface area (Å²) in [4.78, 5) is 15.6. The molecule has 0 saturated carbocycles. The van der Waals surface area contributed by atoms with Gasteiger partial charge >= 0.3 is 0 Å². The van der Waals surface area contributed by atoms with Crippen LogP contribution < -0.4 is 10.9 Å². The van der Waals surface area contributed by atoms with Gasteiger partial charge in [0.1, 0.15) is 5.02 Å². The molecule has 0 fully saturated rings. The lowest BCUT2D eigenvalue weighted by Gasteiger charge is -2.16. The van der Waals surface area contributed by atoms with E-state index in [2.05, 4.69) is 15.4 Å². The first kappa shape index (κ1) is 12.6. The average Bonchev–Trinajstić information content (AvgIpc) is 2.40. The Labute approximate surface area is 109 Å². The molecule has 1 N–H and O–H groups in total. The maximum atomic E-state index is 11.6. The third kappa shape index (κ3) is 2.51. The summed E-state index contributed by atoms with van der Waals surface area (Å²) in [6.45, 7) is 1.98.